The van der Waals surface area contributed by atoms with Crippen LogP contribution in [0.4, 0.5) is 22.0 Å². The summed E-state index contributed by atoms with van der Waals surface area (Å²) in [6.45, 7) is 0.507. The van der Waals surface area contributed by atoms with E-state index in [4.69, 9.17) is 22.4 Å². The van der Waals surface area contributed by atoms with Gasteiger partial charge in [0.15, 0.2) is 12.1 Å². The molecule has 0 bridgehead atoms. The molecule has 4 aromatic rings. The van der Waals surface area contributed by atoms with E-state index in [0.717, 1.165) is 12.8 Å². The minimum Gasteiger partial charge on any atom is -0.368 e. The molecule has 1 aliphatic heterocycles. The molecule has 1 fully saturated rings. The van der Waals surface area contributed by atoms with E-state index in [1.165, 1.54) is 33.6 Å². The van der Waals surface area contributed by atoms with Crippen LogP contribution in [0.2, 0.25) is 5.02 Å². The van der Waals surface area contributed by atoms with Gasteiger partial charge in [0.2, 0.25) is 5.95 Å². The molecule has 1 aromatic carbocycles. The van der Waals surface area contributed by atoms with Crippen molar-refractivity contribution in [2.24, 2.45) is 4.99 Å². The third-order valence-electron chi connectivity index (χ3n) is 6.19. The number of nitrogens with one attached hydrogen (secondary N) is 1. The molecular weight excluding hydrogens is 501 g/mol. The predicted molar refractivity (Wildman–Crippen MR) is 140 cm³/mol. The van der Waals surface area contributed by atoms with E-state index in [9.17, 15) is 14.0 Å². The lowest BCUT2D eigenvalue weighted by molar-refractivity contribution is 0.112. The van der Waals surface area contributed by atoms with Gasteiger partial charge in [-0.15, -0.1) is 0 Å². The maximum absolute atomic E-state index is 14.3. The lowest BCUT2D eigenvalue weighted by Crippen LogP contribution is -2.40. The maximum Gasteiger partial charge on any atom is 0.284 e. The Labute approximate surface area is 215 Å². The molecule has 0 amide bonds. The molecule has 5 rings (SSSR count). The zero-order valence-corrected chi connectivity index (χ0v) is 20.6. The van der Waals surface area contributed by atoms with Crippen molar-refractivity contribution >= 4 is 47.3 Å². The van der Waals surface area contributed by atoms with Crippen molar-refractivity contribution in [1.82, 2.24) is 24.1 Å². The standard InChI is InChI=1S/C24H23ClFN9O2/c1-28-13-29-20-16(12-36)21(31-24(27)30-20)33-9-3-2-7-18(33)22-32-34-10-8-17(25)19(34)23(37)35(22)15-6-4-5-14(26)11-15/h4-6,8,10-13,18H,2-3,7,9H2,1H3,(H3,27,28,29,30,31). The summed E-state index contributed by atoms with van der Waals surface area (Å²) < 4.78 is 17.0. The number of anilines is 3. The first-order valence-corrected chi connectivity index (χ1v) is 11.9. The normalized spacial score (nSPS) is 16.0. The van der Waals surface area contributed by atoms with Gasteiger partial charge in [-0.3, -0.25) is 19.1 Å². The van der Waals surface area contributed by atoms with Gasteiger partial charge in [0.1, 0.15) is 23.0 Å². The van der Waals surface area contributed by atoms with Gasteiger partial charge >= 0.3 is 0 Å². The number of aldehydes is 1. The highest BCUT2D eigenvalue weighted by atomic mass is 35.5. The van der Waals surface area contributed by atoms with Crippen molar-refractivity contribution in [2.45, 2.75) is 25.3 Å². The van der Waals surface area contributed by atoms with Crippen LogP contribution in [-0.4, -0.2) is 50.4 Å². The van der Waals surface area contributed by atoms with Crippen molar-refractivity contribution in [2.75, 3.05) is 29.5 Å². The summed E-state index contributed by atoms with van der Waals surface area (Å²) in [7, 11) is 1.57. The van der Waals surface area contributed by atoms with Crippen LogP contribution in [0.15, 0.2) is 46.3 Å². The molecule has 11 nitrogen and oxygen atoms in total. The first kappa shape index (κ1) is 24.4. The van der Waals surface area contributed by atoms with Gasteiger partial charge in [0.05, 0.1) is 28.7 Å². The summed E-state index contributed by atoms with van der Waals surface area (Å²) in [6, 6.07) is 6.78. The van der Waals surface area contributed by atoms with E-state index in [1.807, 2.05) is 4.90 Å². The Kier molecular flexibility index (Phi) is 6.57. The molecule has 1 unspecified atom stereocenters. The second-order valence-corrected chi connectivity index (χ2v) is 8.86. The third-order valence-corrected chi connectivity index (χ3v) is 6.50. The second-order valence-electron chi connectivity index (χ2n) is 8.46. The minimum absolute atomic E-state index is 0.0416. The molecule has 190 valence electrons. The summed E-state index contributed by atoms with van der Waals surface area (Å²) in [6.07, 6.45) is 5.85. The number of aromatic nitrogens is 5. The average Bonchev–Trinajstić information content (AvgIpc) is 3.27. The molecule has 1 aliphatic rings. The maximum atomic E-state index is 14.3. The minimum atomic E-state index is -0.504. The number of piperidine rings is 1. The fraction of sp³-hybridized carbons (Fsp3) is 0.250. The number of nitrogens with two attached hydrogens (primary N) is 1. The highest BCUT2D eigenvalue weighted by Crippen LogP contribution is 2.37. The van der Waals surface area contributed by atoms with Gasteiger partial charge in [0.25, 0.3) is 5.56 Å². The Morgan fingerprint density at radius 2 is 2.11 bits per heavy atom. The molecule has 1 atom stereocenters. The van der Waals surface area contributed by atoms with Crippen LogP contribution in [0.1, 0.15) is 41.5 Å². The van der Waals surface area contributed by atoms with Gasteiger partial charge in [-0.05, 0) is 43.5 Å². The molecule has 0 saturated carbocycles. The Bertz CT molecular complexity index is 1580. The number of rotatable bonds is 6. The SMILES string of the molecule is C/N=C\Nc1nc(N)nc(N2CCCCC2c2nn3ccc(Cl)c3c(=O)n2-c2cccc(F)c2)c1C=O. The molecular formula is C24H23ClFN9O2. The van der Waals surface area contributed by atoms with Gasteiger partial charge in [-0.1, -0.05) is 17.7 Å². The Balaban J connectivity index is 1.75. The van der Waals surface area contributed by atoms with Gasteiger partial charge < -0.3 is 16.0 Å². The van der Waals surface area contributed by atoms with Crippen LogP contribution in [0, 0.1) is 5.82 Å². The Hall–Kier alpha value is -4.32. The third kappa shape index (κ3) is 4.40. The van der Waals surface area contributed by atoms with E-state index in [1.54, 1.807) is 25.4 Å². The molecule has 1 saturated heterocycles. The van der Waals surface area contributed by atoms with Crippen molar-refractivity contribution in [3.63, 3.8) is 0 Å². The summed E-state index contributed by atoms with van der Waals surface area (Å²) in [5, 5.41) is 7.83. The summed E-state index contributed by atoms with van der Waals surface area (Å²) in [4.78, 5) is 40.2. The van der Waals surface area contributed by atoms with Crippen LogP contribution in [-0.2, 0) is 0 Å². The fourth-order valence-corrected chi connectivity index (χ4v) is 4.84. The van der Waals surface area contributed by atoms with Gasteiger partial charge in [0, 0.05) is 19.8 Å². The summed E-state index contributed by atoms with van der Waals surface area (Å²) >= 11 is 6.30. The van der Waals surface area contributed by atoms with Crippen LogP contribution in [0.5, 0.6) is 0 Å². The van der Waals surface area contributed by atoms with Crippen molar-refractivity contribution < 1.29 is 9.18 Å². The van der Waals surface area contributed by atoms with Crippen molar-refractivity contribution in [3.05, 3.63) is 69.1 Å². The van der Waals surface area contributed by atoms with Gasteiger partial charge in [-0.25, -0.2) is 8.91 Å². The number of hydrogen-bond donors (Lipinski definition) is 2. The number of halogens is 2. The molecule has 0 aliphatic carbocycles. The van der Waals surface area contributed by atoms with Crippen LogP contribution >= 0.6 is 11.6 Å². The number of benzene rings is 1. The first-order chi connectivity index (χ1) is 17.9. The lowest BCUT2D eigenvalue weighted by Gasteiger charge is -2.37. The van der Waals surface area contributed by atoms with E-state index >= 15 is 0 Å². The van der Waals surface area contributed by atoms with Crippen LogP contribution < -0.4 is 21.5 Å². The predicted octanol–water partition coefficient (Wildman–Crippen LogP) is 3.26. The van der Waals surface area contributed by atoms with E-state index in [0.29, 0.717) is 36.6 Å². The lowest BCUT2D eigenvalue weighted by atomic mass is 10.00. The number of aliphatic imine (C=N–C) groups is 1. The van der Waals surface area contributed by atoms with Crippen molar-refractivity contribution in [3.8, 4) is 5.69 Å². The zero-order valence-electron chi connectivity index (χ0n) is 19.8. The highest BCUT2D eigenvalue weighted by molar-refractivity contribution is 6.33. The summed E-state index contributed by atoms with van der Waals surface area (Å²) in [5.41, 5.74) is 6.21. The monoisotopic (exact) mass is 523 g/mol. The number of fused-ring (bicyclic) bond motifs is 1. The van der Waals surface area contributed by atoms with Gasteiger partial charge in [-0.2, -0.15) is 15.1 Å². The molecule has 13 heteroatoms. The number of nitrogen functional groups attached to an aromatic ring is 1. The topological polar surface area (TPSA) is 136 Å². The molecule has 0 spiro atoms. The first-order valence-electron chi connectivity index (χ1n) is 11.5. The number of carbonyl (C=O) groups excluding carboxylic acids is 1. The molecule has 4 heterocycles. The zero-order chi connectivity index (χ0) is 26.1. The van der Waals surface area contributed by atoms with Crippen LogP contribution in [0.3, 0.4) is 0 Å². The molecule has 3 N–H and O–H groups in total. The van der Waals surface area contributed by atoms with E-state index in [2.05, 4.69) is 20.3 Å². The number of carbonyl (C=O) groups is 1. The Morgan fingerprint density at radius 3 is 2.86 bits per heavy atom. The number of hydrogen-bond acceptors (Lipinski definition) is 8. The quantitative estimate of drug-likeness (QED) is 0.223. The van der Waals surface area contributed by atoms with E-state index in [-0.39, 0.29) is 27.9 Å². The van der Waals surface area contributed by atoms with Crippen LogP contribution in [0.25, 0.3) is 11.2 Å². The van der Waals surface area contributed by atoms with E-state index < -0.39 is 17.4 Å². The average molecular weight is 524 g/mol. The number of nitrogens with zero attached hydrogens (tertiary/aromatic N) is 7. The summed E-state index contributed by atoms with van der Waals surface area (Å²) in [5.74, 6) is 0.298. The second kappa shape index (κ2) is 9.97. The molecule has 37 heavy (non-hydrogen) atoms. The largest absolute Gasteiger partial charge is 0.368 e. The highest BCUT2D eigenvalue weighted by Gasteiger charge is 2.33. The fourth-order valence-electron chi connectivity index (χ4n) is 4.62. The molecule has 3 aromatic heterocycles. The smallest absolute Gasteiger partial charge is 0.284 e. The van der Waals surface area contributed by atoms with Crippen molar-refractivity contribution in [1.29, 1.82) is 0 Å². The Morgan fingerprint density at radius 1 is 1.27 bits per heavy atom. The molecule has 0 radical (unpaired) electrons.